The summed E-state index contributed by atoms with van der Waals surface area (Å²) >= 11 is 0.133. The second-order valence-electron chi connectivity index (χ2n) is 5.93. The van der Waals surface area contributed by atoms with Gasteiger partial charge >= 0.3 is 11.0 Å². The molecule has 0 spiro atoms. The van der Waals surface area contributed by atoms with Crippen LogP contribution in [-0.4, -0.2) is 39.6 Å². The summed E-state index contributed by atoms with van der Waals surface area (Å²) in [6.07, 6.45) is 0.685. The number of nitro groups is 1. The summed E-state index contributed by atoms with van der Waals surface area (Å²) in [4.78, 5) is 20.6. The standard InChI is InChI=1S/C11H15ClN2O8S3/c1-11(2,3)22-10(15)6-5(8(13)24(4,18)19)7(25(12,20)21)9(23-6)14(16)17/h8H,13H2,1-4H3. The second-order valence-corrected chi connectivity index (χ2v) is 11.6. The molecule has 10 nitrogen and oxygen atoms in total. The maximum Gasteiger partial charge on any atom is 0.349 e. The van der Waals surface area contributed by atoms with Crippen LogP contribution in [-0.2, 0) is 23.6 Å². The second kappa shape index (κ2) is 6.79. The number of nitrogens with zero attached hydrogens (tertiary/aromatic N) is 1. The minimum atomic E-state index is -4.78. The van der Waals surface area contributed by atoms with Gasteiger partial charge < -0.3 is 10.5 Å². The molecule has 14 heteroatoms. The molecule has 0 bridgehead atoms. The zero-order chi connectivity index (χ0) is 20.0. The Kier molecular flexibility index (Phi) is 5.91. The predicted molar refractivity (Wildman–Crippen MR) is 91.0 cm³/mol. The van der Waals surface area contributed by atoms with Crippen molar-refractivity contribution >= 4 is 51.9 Å². The minimum Gasteiger partial charge on any atom is -0.456 e. The van der Waals surface area contributed by atoms with E-state index in [1.165, 1.54) is 20.8 Å². The van der Waals surface area contributed by atoms with E-state index in [1.807, 2.05) is 0 Å². The zero-order valence-electron chi connectivity index (χ0n) is 13.5. The average Bonchev–Trinajstić information content (AvgIpc) is 2.74. The summed E-state index contributed by atoms with van der Waals surface area (Å²) in [6, 6.07) is 0. The van der Waals surface area contributed by atoms with E-state index in [0.29, 0.717) is 6.26 Å². The number of halogens is 1. The van der Waals surface area contributed by atoms with Gasteiger partial charge in [-0.3, -0.25) is 10.1 Å². The highest BCUT2D eigenvalue weighted by molar-refractivity contribution is 8.14. The Hall–Kier alpha value is -1.28. The normalized spacial score (nSPS) is 14.2. The molecule has 25 heavy (non-hydrogen) atoms. The van der Waals surface area contributed by atoms with E-state index in [2.05, 4.69) is 0 Å². The quantitative estimate of drug-likeness (QED) is 0.313. The van der Waals surface area contributed by atoms with Crippen molar-refractivity contribution in [2.24, 2.45) is 5.73 Å². The number of hydrogen-bond acceptors (Lipinski definition) is 10. The lowest BCUT2D eigenvalue weighted by atomic mass is 10.2. The number of ether oxygens (including phenoxy) is 1. The molecule has 1 rings (SSSR count). The van der Waals surface area contributed by atoms with Crippen molar-refractivity contribution in [3.63, 3.8) is 0 Å². The molecule has 0 aliphatic carbocycles. The van der Waals surface area contributed by atoms with Gasteiger partial charge in [0.25, 0.3) is 9.05 Å². The molecule has 0 aromatic carbocycles. The van der Waals surface area contributed by atoms with Gasteiger partial charge in [0.2, 0.25) is 0 Å². The van der Waals surface area contributed by atoms with E-state index in [1.54, 1.807) is 0 Å². The third-order valence-corrected chi connectivity index (χ3v) is 6.41. The SMILES string of the molecule is CC(C)(C)OC(=O)c1sc([N+](=O)[O-])c(S(=O)(=O)Cl)c1C(N)S(C)(=O)=O. The van der Waals surface area contributed by atoms with Gasteiger partial charge in [-0.05, 0) is 20.8 Å². The number of nitrogens with two attached hydrogens (primary N) is 1. The van der Waals surface area contributed by atoms with Crippen LogP contribution in [0.5, 0.6) is 0 Å². The van der Waals surface area contributed by atoms with E-state index in [4.69, 9.17) is 21.2 Å². The zero-order valence-corrected chi connectivity index (χ0v) is 16.7. The number of esters is 1. The molecular formula is C11H15ClN2O8S3. The Morgan fingerprint density at radius 2 is 1.80 bits per heavy atom. The molecule has 0 amide bonds. The summed E-state index contributed by atoms with van der Waals surface area (Å²) in [5, 5.41) is 8.12. The minimum absolute atomic E-state index is 0.133. The van der Waals surface area contributed by atoms with E-state index >= 15 is 0 Å². The summed E-state index contributed by atoms with van der Waals surface area (Å²) < 4.78 is 52.2. The Balaban J connectivity index is 3.90. The molecule has 1 aromatic heterocycles. The Morgan fingerprint density at radius 3 is 2.12 bits per heavy atom. The van der Waals surface area contributed by atoms with Crippen LogP contribution >= 0.6 is 22.0 Å². The van der Waals surface area contributed by atoms with E-state index in [0.717, 1.165) is 0 Å². The highest BCUT2D eigenvalue weighted by atomic mass is 35.7. The summed E-state index contributed by atoms with van der Waals surface area (Å²) in [7, 11) is -3.67. The van der Waals surface area contributed by atoms with Crippen molar-refractivity contribution in [2.75, 3.05) is 6.26 Å². The molecule has 0 aliphatic heterocycles. The fourth-order valence-corrected chi connectivity index (χ4v) is 5.37. The molecule has 1 unspecified atom stereocenters. The Bertz CT molecular complexity index is 927. The molecule has 0 aliphatic rings. The van der Waals surface area contributed by atoms with E-state index < -0.39 is 61.1 Å². The molecular weight excluding hydrogens is 420 g/mol. The fraction of sp³-hybridized carbons (Fsp3) is 0.545. The van der Waals surface area contributed by atoms with Crippen molar-refractivity contribution < 1.29 is 31.3 Å². The maximum atomic E-state index is 12.3. The first-order valence-corrected chi connectivity index (χ1v) is 11.5. The number of hydrogen-bond donors (Lipinski definition) is 1. The van der Waals surface area contributed by atoms with Gasteiger partial charge in [0.05, 0.1) is 4.92 Å². The molecule has 1 aromatic rings. The van der Waals surface area contributed by atoms with Gasteiger partial charge in [-0.1, -0.05) is 11.3 Å². The molecule has 2 N–H and O–H groups in total. The van der Waals surface area contributed by atoms with Crippen LogP contribution < -0.4 is 5.73 Å². The van der Waals surface area contributed by atoms with Crippen molar-refractivity contribution in [3.8, 4) is 0 Å². The van der Waals surface area contributed by atoms with Crippen LogP contribution in [0.1, 0.15) is 41.4 Å². The lowest BCUT2D eigenvalue weighted by Gasteiger charge is -2.20. The van der Waals surface area contributed by atoms with Crippen LogP contribution in [0.2, 0.25) is 0 Å². The summed E-state index contributed by atoms with van der Waals surface area (Å²) in [5.74, 6) is -1.15. The van der Waals surface area contributed by atoms with Crippen LogP contribution in [0.15, 0.2) is 4.90 Å². The van der Waals surface area contributed by atoms with Gasteiger partial charge in [0, 0.05) is 22.5 Å². The van der Waals surface area contributed by atoms with E-state index in [9.17, 15) is 31.7 Å². The Labute approximate surface area is 152 Å². The maximum absolute atomic E-state index is 12.3. The summed E-state index contributed by atoms with van der Waals surface area (Å²) in [6.45, 7) is 4.51. The fourth-order valence-electron chi connectivity index (χ4n) is 1.72. The van der Waals surface area contributed by atoms with Crippen molar-refractivity contribution in [2.45, 2.75) is 36.6 Å². The molecule has 0 saturated carbocycles. The molecule has 1 atom stereocenters. The van der Waals surface area contributed by atoms with Gasteiger partial charge in [-0.15, -0.1) is 0 Å². The average molecular weight is 435 g/mol. The smallest absolute Gasteiger partial charge is 0.349 e. The first-order valence-electron chi connectivity index (χ1n) is 6.40. The van der Waals surface area contributed by atoms with Crippen LogP contribution in [0.25, 0.3) is 0 Å². The first kappa shape index (κ1) is 21.8. The number of carbonyl (C=O) groups is 1. The van der Waals surface area contributed by atoms with Gasteiger partial charge in [0.15, 0.2) is 14.7 Å². The van der Waals surface area contributed by atoms with Crippen LogP contribution in [0.3, 0.4) is 0 Å². The number of rotatable bonds is 5. The van der Waals surface area contributed by atoms with E-state index in [-0.39, 0.29) is 11.3 Å². The lowest BCUT2D eigenvalue weighted by molar-refractivity contribution is -0.383. The highest BCUT2D eigenvalue weighted by Gasteiger charge is 2.42. The molecule has 1 heterocycles. The predicted octanol–water partition coefficient (Wildman–Crippen LogP) is 1.54. The largest absolute Gasteiger partial charge is 0.456 e. The summed E-state index contributed by atoms with van der Waals surface area (Å²) in [5.41, 5.74) is 3.75. The number of thiophene rings is 1. The van der Waals surface area contributed by atoms with Crippen molar-refractivity contribution in [1.29, 1.82) is 0 Å². The Morgan fingerprint density at radius 1 is 1.32 bits per heavy atom. The number of sulfone groups is 1. The van der Waals surface area contributed by atoms with Gasteiger partial charge in [-0.25, -0.2) is 21.6 Å². The topological polar surface area (TPSA) is 164 Å². The molecule has 142 valence electrons. The van der Waals surface area contributed by atoms with Crippen LogP contribution in [0, 0.1) is 10.1 Å². The lowest BCUT2D eigenvalue weighted by Crippen LogP contribution is -2.27. The monoisotopic (exact) mass is 434 g/mol. The van der Waals surface area contributed by atoms with Gasteiger partial charge in [-0.2, -0.15) is 0 Å². The highest BCUT2D eigenvalue weighted by Crippen LogP contribution is 2.44. The third kappa shape index (κ3) is 5.10. The van der Waals surface area contributed by atoms with Crippen molar-refractivity contribution in [1.82, 2.24) is 0 Å². The molecule has 0 radical (unpaired) electrons. The van der Waals surface area contributed by atoms with Crippen LogP contribution in [0.4, 0.5) is 5.00 Å². The third-order valence-electron chi connectivity index (χ3n) is 2.62. The van der Waals surface area contributed by atoms with Gasteiger partial charge in [0.1, 0.15) is 15.9 Å². The number of carbonyl (C=O) groups excluding carboxylic acids is 1. The van der Waals surface area contributed by atoms with Crippen molar-refractivity contribution in [3.05, 3.63) is 20.6 Å². The first-order chi connectivity index (χ1) is 11.0. The molecule has 0 fully saturated rings. The molecule has 0 saturated heterocycles.